The zero-order valence-electron chi connectivity index (χ0n) is 11.1. The molecule has 0 fully saturated rings. The number of fused-ring (bicyclic) bond motifs is 1. The zero-order valence-corrected chi connectivity index (χ0v) is 11.1. The summed E-state index contributed by atoms with van der Waals surface area (Å²) < 4.78 is 5.30. The molecule has 94 valence electrons. The Morgan fingerprint density at radius 1 is 1.11 bits per heavy atom. The van der Waals surface area contributed by atoms with Gasteiger partial charge in [-0.1, -0.05) is 45.0 Å². The van der Waals surface area contributed by atoms with Crippen molar-refractivity contribution >= 4 is 16.7 Å². The minimum absolute atomic E-state index is 0.108. The molecule has 0 aromatic heterocycles. The van der Waals surface area contributed by atoms with E-state index in [0.29, 0.717) is 5.75 Å². The van der Waals surface area contributed by atoms with E-state index in [1.165, 1.54) is 10.9 Å². The van der Waals surface area contributed by atoms with Crippen molar-refractivity contribution in [3.8, 4) is 5.75 Å². The van der Waals surface area contributed by atoms with Gasteiger partial charge < -0.3 is 4.74 Å². The maximum atomic E-state index is 11.5. The second-order valence-corrected chi connectivity index (χ2v) is 4.77. The first kappa shape index (κ1) is 12.6. The molecular weight excluding hydrogens is 224 g/mol. The van der Waals surface area contributed by atoms with Crippen LogP contribution in [0, 0.1) is 5.92 Å². The smallest absolute Gasteiger partial charge is 0.313 e. The number of hydrogen-bond acceptors (Lipinski definition) is 2. The number of carbonyl (C=O) groups excluding carboxylic acids is 1. The quantitative estimate of drug-likeness (QED) is 0.601. The van der Waals surface area contributed by atoms with Gasteiger partial charge in [0.25, 0.3) is 0 Å². The van der Waals surface area contributed by atoms with Crippen LogP contribution in [-0.2, 0) is 11.2 Å². The first-order chi connectivity index (χ1) is 8.60. The van der Waals surface area contributed by atoms with Gasteiger partial charge in [0.05, 0.1) is 5.92 Å². The first-order valence-corrected chi connectivity index (χ1v) is 6.34. The number of aryl methyl sites for hydroxylation is 1. The highest BCUT2D eigenvalue weighted by Crippen LogP contribution is 2.22. The Bertz CT molecular complexity index is 570. The Hall–Kier alpha value is -1.83. The molecule has 2 heteroatoms. The average Bonchev–Trinajstić information content (AvgIpc) is 2.37. The standard InChI is InChI=1S/C16H18O2/c1-4-12-5-6-14-10-15(8-7-13(14)9-12)18-16(17)11(2)3/h5-11H,4H2,1-3H3. The topological polar surface area (TPSA) is 26.3 Å². The third-order valence-electron chi connectivity index (χ3n) is 2.97. The predicted molar refractivity (Wildman–Crippen MR) is 73.8 cm³/mol. The highest BCUT2D eigenvalue weighted by molar-refractivity contribution is 5.85. The van der Waals surface area contributed by atoms with Crippen LogP contribution in [0.25, 0.3) is 10.8 Å². The molecule has 0 saturated carbocycles. The van der Waals surface area contributed by atoms with Crippen molar-refractivity contribution in [2.75, 3.05) is 0 Å². The molecule has 2 aromatic rings. The van der Waals surface area contributed by atoms with E-state index in [4.69, 9.17) is 4.74 Å². The van der Waals surface area contributed by atoms with E-state index < -0.39 is 0 Å². The average molecular weight is 242 g/mol. The number of ether oxygens (including phenoxy) is 1. The molecule has 18 heavy (non-hydrogen) atoms. The highest BCUT2D eigenvalue weighted by atomic mass is 16.5. The van der Waals surface area contributed by atoms with Gasteiger partial charge in [-0.2, -0.15) is 0 Å². The monoisotopic (exact) mass is 242 g/mol. The van der Waals surface area contributed by atoms with E-state index in [1.807, 2.05) is 32.0 Å². The summed E-state index contributed by atoms with van der Waals surface area (Å²) in [6, 6.07) is 12.1. The van der Waals surface area contributed by atoms with Gasteiger partial charge in [0, 0.05) is 0 Å². The summed E-state index contributed by atoms with van der Waals surface area (Å²) in [5.41, 5.74) is 1.31. The molecule has 0 aliphatic carbocycles. The summed E-state index contributed by atoms with van der Waals surface area (Å²) in [5.74, 6) is 0.313. The summed E-state index contributed by atoms with van der Waals surface area (Å²) in [7, 11) is 0. The van der Waals surface area contributed by atoms with Crippen LogP contribution in [-0.4, -0.2) is 5.97 Å². The van der Waals surface area contributed by atoms with Gasteiger partial charge in [-0.25, -0.2) is 0 Å². The molecule has 0 amide bonds. The van der Waals surface area contributed by atoms with Gasteiger partial charge in [-0.3, -0.25) is 4.79 Å². The van der Waals surface area contributed by atoms with Crippen LogP contribution < -0.4 is 4.74 Å². The van der Waals surface area contributed by atoms with Crippen LogP contribution in [0.15, 0.2) is 36.4 Å². The molecule has 0 atom stereocenters. The fourth-order valence-corrected chi connectivity index (χ4v) is 1.79. The summed E-state index contributed by atoms with van der Waals surface area (Å²) in [5, 5.41) is 2.28. The summed E-state index contributed by atoms with van der Waals surface area (Å²) in [4.78, 5) is 11.5. The highest BCUT2D eigenvalue weighted by Gasteiger charge is 2.09. The third kappa shape index (κ3) is 2.70. The predicted octanol–water partition coefficient (Wildman–Crippen LogP) is 3.96. The van der Waals surface area contributed by atoms with Crippen molar-refractivity contribution in [1.82, 2.24) is 0 Å². The first-order valence-electron chi connectivity index (χ1n) is 6.34. The lowest BCUT2D eigenvalue weighted by Crippen LogP contribution is -2.14. The van der Waals surface area contributed by atoms with Crippen LogP contribution in [0.4, 0.5) is 0 Å². The minimum atomic E-state index is -0.195. The van der Waals surface area contributed by atoms with Crippen LogP contribution in [0.1, 0.15) is 26.3 Å². The van der Waals surface area contributed by atoms with Crippen LogP contribution in [0.2, 0.25) is 0 Å². The number of hydrogen-bond donors (Lipinski definition) is 0. The van der Waals surface area contributed by atoms with Gasteiger partial charge in [0.15, 0.2) is 0 Å². The van der Waals surface area contributed by atoms with Crippen LogP contribution in [0.5, 0.6) is 5.75 Å². The molecule has 0 radical (unpaired) electrons. The molecule has 0 spiro atoms. The molecule has 0 heterocycles. The van der Waals surface area contributed by atoms with E-state index in [1.54, 1.807) is 0 Å². The van der Waals surface area contributed by atoms with E-state index in [0.717, 1.165) is 11.8 Å². The Morgan fingerprint density at radius 3 is 2.44 bits per heavy atom. The summed E-state index contributed by atoms with van der Waals surface area (Å²) in [6.45, 7) is 5.80. The maximum Gasteiger partial charge on any atom is 0.313 e. The van der Waals surface area contributed by atoms with E-state index in [9.17, 15) is 4.79 Å². The second kappa shape index (κ2) is 5.21. The summed E-state index contributed by atoms with van der Waals surface area (Å²) in [6.07, 6.45) is 1.03. The zero-order chi connectivity index (χ0) is 13.1. The Balaban J connectivity index is 2.30. The number of rotatable bonds is 3. The lowest BCUT2D eigenvalue weighted by Gasteiger charge is -2.08. The molecule has 0 bridgehead atoms. The van der Waals surface area contributed by atoms with Gasteiger partial charge in [0.2, 0.25) is 0 Å². The third-order valence-corrected chi connectivity index (χ3v) is 2.97. The molecule has 2 aromatic carbocycles. The molecule has 2 nitrogen and oxygen atoms in total. The molecule has 0 unspecified atom stereocenters. The van der Waals surface area contributed by atoms with E-state index in [2.05, 4.69) is 25.1 Å². The van der Waals surface area contributed by atoms with Crippen molar-refractivity contribution in [2.45, 2.75) is 27.2 Å². The van der Waals surface area contributed by atoms with Crippen molar-refractivity contribution in [2.24, 2.45) is 5.92 Å². The SMILES string of the molecule is CCc1ccc2cc(OC(=O)C(C)C)ccc2c1. The van der Waals surface area contributed by atoms with Crippen molar-refractivity contribution in [1.29, 1.82) is 0 Å². The molecule has 0 aliphatic heterocycles. The Morgan fingerprint density at radius 2 is 1.78 bits per heavy atom. The molecule has 0 saturated heterocycles. The van der Waals surface area contributed by atoms with E-state index >= 15 is 0 Å². The molecule has 0 aliphatic rings. The van der Waals surface area contributed by atoms with Crippen molar-refractivity contribution in [3.05, 3.63) is 42.0 Å². The fourth-order valence-electron chi connectivity index (χ4n) is 1.79. The summed E-state index contributed by atoms with van der Waals surface area (Å²) >= 11 is 0. The molecule has 0 N–H and O–H groups in total. The van der Waals surface area contributed by atoms with Gasteiger partial charge in [-0.05, 0) is 34.9 Å². The lowest BCUT2D eigenvalue weighted by molar-refractivity contribution is -0.137. The van der Waals surface area contributed by atoms with E-state index in [-0.39, 0.29) is 11.9 Å². The maximum absolute atomic E-state index is 11.5. The van der Waals surface area contributed by atoms with Crippen LogP contribution >= 0.6 is 0 Å². The Kier molecular flexibility index (Phi) is 3.66. The molecular formula is C16H18O2. The Labute approximate surface area is 108 Å². The minimum Gasteiger partial charge on any atom is -0.426 e. The van der Waals surface area contributed by atoms with Gasteiger partial charge in [-0.15, -0.1) is 0 Å². The lowest BCUT2D eigenvalue weighted by atomic mass is 10.1. The van der Waals surface area contributed by atoms with Gasteiger partial charge >= 0.3 is 5.97 Å². The normalized spacial score (nSPS) is 10.9. The van der Waals surface area contributed by atoms with Crippen LogP contribution in [0.3, 0.4) is 0 Å². The number of benzene rings is 2. The van der Waals surface area contributed by atoms with Crippen molar-refractivity contribution < 1.29 is 9.53 Å². The number of carbonyl (C=O) groups is 1. The van der Waals surface area contributed by atoms with Gasteiger partial charge in [0.1, 0.15) is 5.75 Å². The fraction of sp³-hybridized carbons (Fsp3) is 0.312. The second-order valence-electron chi connectivity index (χ2n) is 4.77. The number of esters is 1. The largest absolute Gasteiger partial charge is 0.426 e. The molecule has 2 rings (SSSR count). The van der Waals surface area contributed by atoms with Crippen molar-refractivity contribution in [3.63, 3.8) is 0 Å².